The van der Waals surface area contributed by atoms with Crippen LogP contribution in [0.2, 0.25) is 0 Å². The molecule has 6 heteroatoms. The van der Waals surface area contributed by atoms with Gasteiger partial charge in [-0.1, -0.05) is 71.8 Å². The minimum absolute atomic E-state index is 0.0376. The predicted molar refractivity (Wildman–Crippen MR) is 137 cm³/mol. The molecule has 1 saturated heterocycles. The largest absolute Gasteiger partial charge is 0.378 e. The fourth-order valence-electron chi connectivity index (χ4n) is 4.82. The maximum atomic E-state index is 13.8. The molecule has 3 aromatic carbocycles. The zero-order valence-corrected chi connectivity index (χ0v) is 20.6. The van der Waals surface area contributed by atoms with Crippen molar-refractivity contribution in [3.63, 3.8) is 0 Å². The summed E-state index contributed by atoms with van der Waals surface area (Å²) in [5, 5.41) is 9.21. The number of nitrogens with zero attached hydrogens (tertiary/aromatic N) is 3. The second-order valence-electron chi connectivity index (χ2n) is 9.56. The zero-order valence-electron chi connectivity index (χ0n) is 20.6. The van der Waals surface area contributed by atoms with Crippen molar-refractivity contribution in [1.82, 2.24) is 14.0 Å². The molecular weight excluding hydrogens is 436 g/mol. The van der Waals surface area contributed by atoms with Gasteiger partial charge in [0.15, 0.2) is 0 Å². The van der Waals surface area contributed by atoms with Gasteiger partial charge in [0.25, 0.3) is 0 Å². The molecule has 5 rings (SSSR count). The molecular formula is C29H32N4O2. The van der Waals surface area contributed by atoms with Crippen molar-refractivity contribution >= 4 is 16.9 Å². The van der Waals surface area contributed by atoms with E-state index in [1.165, 1.54) is 11.1 Å². The van der Waals surface area contributed by atoms with Crippen LogP contribution in [0.4, 0.5) is 0 Å². The number of amides is 1. The third kappa shape index (κ3) is 4.54. The van der Waals surface area contributed by atoms with E-state index in [2.05, 4.69) is 62.4 Å². The van der Waals surface area contributed by atoms with Gasteiger partial charge >= 0.3 is 0 Å². The Hall–Kier alpha value is -3.64. The number of benzene rings is 3. The monoisotopic (exact) mass is 468 g/mol. The third-order valence-corrected chi connectivity index (χ3v) is 7.02. The van der Waals surface area contributed by atoms with Crippen LogP contribution in [-0.4, -0.2) is 46.2 Å². The maximum Gasteiger partial charge on any atom is 0.246 e. The van der Waals surface area contributed by atoms with Crippen molar-refractivity contribution in [3.8, 4) is 0 Å². The highest BCUT2D eigenvalue weighted by molar-refractivity contribution is 5.85. The van der Waals surface area contributed by atoms with Gasteiger partial charge < -0.3 is 14.2 Å². The topological polar surface area (TPSA) is 63.2 Å². The van der Waals surface area contributed by atoms with E-state index < -0.39 is 6.04 Å². The van der Waals surface area contributed by atoms with E-state index in [4.69, 9.17) is 4.74 Å². The van der Waals surface area contributed by atoms with E-state index in [0.717, 1.165) is 22.2 Å². The lowest BCUT2D eigenvalue weighted by Crippen LogP contribution is -2.57. The van der Waals surface area contributed by atoms with Crippen LogP contribution in [0.3, 0.4) is 0 Å². The van der Waals surface area contributed by atoms with Crippen LogP contribution < -0.4 is 5.62 Å². The standard InChI is InChI=1S/C29H32N4O2/c1-20-8-12-22(13-9-20)16-27(28(34)31-18-24(19-31)35-3)33-26-7-5-4-6-25(26)32(29(33)30)17-23-14-10-21(2)11-15-23/h4-15,24,27,30H,16-19H2,1-3H3/t27-/m0/s1. The van der Waals surface area contributed by atoms with E-state index in [-0.39, 0.29) is 12.0 Å². The summed E-state index contributed by atoms with van der Waals surface area (Å²) < 4.78 is 9.34. The highest BCUT2D eigenvalue weighted by atomic mass is 16.5. The normalized spacial score (nSPS) is 14.8. The highest BCUT2D eigenvalue weighted by Gasteiger charge is 2.36. The SMILES string of the molecule is COC1CN(C(=O)[C@H](Cc2ccc(C)cc2)n2c(=N)n(Cc3ccc(C)cc3)c3ccccc32)C1. The van der Waals surface area contributed by atoms with Gasteiger partial charge in [0.1, 0.15) is 6.04 Å². The number of fused-ring (bicyclic) bond motifs is 1. The number of aryl methyl sites for hydroxylation is 2. The summed E-state index contributed by atoms with van der Waals surface area (Å²) in [6, 6.07) is 24.2. The molecule has 0 unspecified atom stereocenters. The molecule has 180 valence electrons. The number of carbonyl (C=O) groups excluding carboxylic acids is 1. The number of likely N-dealkylation sites (tertiary alicyclic amines) is 1. The first-order valence-corrected chi connectivity index (χ1v) is 12.1. The van der Waals surface area contributed by atoms with E-state index >= 15 is 0 Å². The Bertz CT molecular complexity index is 1390. The van der Waals surface area contributed by atoms with Crippen molar-refractivity contribution in [2.45, 2.75) is 39.0 Å². The number of hydrogen-bond donors (Lipinski definition) is 1. The highest BCUT2D eigenvalue weighted by Crippen LogP contribution is 2.26. The van der Waals surface area contributed by atoms with Crippen LogP contribution in [0.5, 0.6) is 0 Å². The Morgan fingerprint density at radius 3 is 2.09 bits per heavy atom. The quantitative estimate of drug-likeness (QED) is 0.441. The van der Waals surface area contributed by atoms with E-state index in [1.54, 1.807) is 7.11 Å². The molecule has 0 spiro atoms. The fraction of sp³-hybridized carbons (Fsp3) is 0.310. The molecule has 1 aromatic heterocycles. The Morgan fingerprint density at radius 2 is 1.49 bits per heavy atom. The number of imidazole rings is 1. The Kier molecular flexibility index (Phi) is 6.31. The Labute approximate surface area is 205 Å². The van der Waals surface area contributed by atoms with E-state index in [9.17, 15) is 10.2 Å². The van der Waals surface area contributed by atoms with Crippen molar-refractivity contribution in [2.24, 2.45) is 0 Å². The molecule has 0 aliphatic carbocycles. The van der Waals surface area contributed by atoms with Gasteiger partial charge in [-0.2, -0.15) is 0 Å². The average Bonchev–Trinajstić information content (AvgIpc) is 3.10. The molecule has 1 atom stereocenters. The molecule has 1 fully saturated rings. The maximum absolute atomic E-state index is 13.8. The van der Waals surface area contributed by atoms with Gasteiger partial charge in [0.2, 0.25) is 11.5 Å². The molecule has 6 nitrogen and oxygen atoms in total. The van der Waals surface area contributed by atoms with Crippen LogP contribution in [-0.2, 0) is 22.5 Å². The van der Waals surface area contributed by atoms with Crippen molar-refractivity contribution in [2.75, 3.05) is 20.2 Å². The van der Waals surface area contributed by atoms with Crippen LogP contribution >= 0.6 is 0 Å². The number of hydrogen-bond acceptors (Lipinski definition) is 3. The number of methoxy groups -OCH3 is 1. The zero-order chi connectivity index (χ0) is 24.5. The molecule has 35 heavy (non-hydrogen) atoms. The van der Waals surface area contributed by atoms with E-state index in [0.29, 0.717) is 31.7 Å². The number of rotatable bonds is 7. The number of ether oxygens (including phenoxy) is 1. The summed E-state index contributed by atoms with van der Waals surface area (Å²) in [5.41, 5.74) is 6.80. The molecule has 1 aliphatic rings. The van der Waals surface area contributed by atoms with Gasteiger partial charge in [-0.25, -0.2) is 0 Å². The first-order valence-electron chi connectivity index (χ1n) is 12.1. The number of para-hydroxylation sites is 2. The Morgan fingerprint density at radius 1 is 0.914 bits per heavy atom. The summed E-state index contributed by atoms with van der Waals surface area (Å²) in [5.74, 6) is 0.0376. The van der Waals surface area contributed by atoms with Crippen LogP contribution in [0.25, 0.3) is 11.0 Å². The minimum atomic E-state index is -0.507. The predicted octanol–water partition coefficient (Wildman–Crippen LogP) is 4.23. The van der Waals surface area contributed by atoms with Crippen LogP contribution in [0.1, 0.15) is 28.3 Å². The van der Waals surface area contributed by atoms with Gasteiger partial charge in [-0.15, -0.1) is 0 Å². The third-order valence-electron chi connectivity index (χ3n) is 7.02. The first-order chi connectivity index (χ1) is 16.9. The second kappa shape index (κ2) is 9.55. The van der Waals surface area contributed by atoms with Crippen LogP contribution in [0.15, 0.2) is 72.8 Å². The van der Waals surface area contributed by atoms with Crippen LogP contribution in [0, 0.1) is 19.3 Å². The summed E-state index contributed by atoms with van der Waals surface area (Å²) in [7, 11) is 1.69. The van der Waals surface area contributed by atoms with E-state index in [1.807, 2.05) is 38.3 Å². The first kappa shape index (κ1) is 23.1. The summed E-state index contributed by atoms with van der Waals surface area (Å²) >= 11 is 0. The van der Waals surface area contributed by atoms with Crippen molar-refractivity contribution < 1.29 is 9.53 Å². The van der Waals surface area contributed by atoms with Gasteiger partial charge in [-0.05, 0) is 37.1 Å². The molecule has 1 N–H and O–H groups in total. The molecule has 0 radical (unpaired) electrons. The summed E-state index contributed by atoms with van der Waals surface area (Å²) in [6.45, 7) is 5.90. The van der Waals surface area contributed by atoms with Gasteiger partial charge in [-0.3, -0.25) is 14.8 Å². The van der Waals surface area contributed by atoms with Crippen molar-refractivity contribution in [1.29, 1.82) is 5.41 Å². The number of nitrogens with one attached hydrogen (secondary N) is 1. The average molecular weight is 469 g/mol. The van der Waals surface area contributed by atoms with Gasteiger partial charge in [0.05, 0.1) is 23.7 Å². The number of carbonyl (C=O) groups is 1. The lowest BCUT2D eigenvalue weighted by atomic mass is 10.0. The molecule has 2 heterocycles. The smallest absolute Gasteiger partial charge is 0.246 e. The second-order valence-corrected chi connectivity index (χ2v) is 9.56. The summed E-state index contributed by atoms with van der Waals surface area (Å²) in [6.07, 6.45) is 0.616. The molecule has 0 saturated carbocycles. The number of aromatic nitrogens is 2. The molecule has 1 amide bonds. The minimum Gasteiger partial charge on any atom is -0.378 e. The molecule has 4 aromatic rings. The van der Waals surface area contributed by atoms with Gasteiger partial charge in [0, 0.05) is 26.6 Å². The molecule has 1 aliphatic heterocycles. The lowest BCUT2D eigenvalue weighted by molar-refractivity contribution is -0.146. The van der Waals surface area contributed by atoms with Crippen molar-refractivity contribution in [3.05, 3.63) is 101 Å². The Balaban J connectivity index is 1.59. The summed E-state index contributed by atoms with van der Waals surface area (Å²) in [4.78, 5) is 15.7. The molecule has 0 bridgehead atoms. The fourth-order valence-corrected chi connectivity index (χ4v) is 4.82. The lowest BCUT2D eigenvalue weighted by Gasteiger charge is -2.40.